The molecule has 0 amide bonds. The summed E-state index contributed by atoms with van der Waals surface area (Å²) in [6.07, 6.45) is 4.77. The number of hydrogen-bond acceptors (Lipinski definition) is 5. The van der Waals surface area contributed by atoms with E-state index in [1.807, 2.05) is 19.9 Å². The molecule has 0 spiro atoms. The van der Waals surface area contributed by atoms with Gasteiger partial charge in [0, 0.05) is 29.2 Å². The molecule has 1 unspecified atom stereocenters. The molecule has 1 atom stereocenters. The number of hydroxylamine groups is 1. The number of pyridine rings is 1. The number of alkyl halides is 1. The standard InChI is InChI=1S/C25H31F2N3O2/c1-6-28-25(31-14-13-26)12-11-24(20-7-9-22(27)10-8-20)32-30-19(5)21-15-18(4)29-23(16-21)17(2)3/h6-12,15-17,19,30H,13-14H2,1-5H3/b24-11+,25-12+,28-6+. The maximum atomic E-state index is 13.4. The number of aryl methyl sites for hydroxylation is 1. The van der Waals surface area contributed by atoms with E-state index in [1.54, 1.807) is 37.4 Å². The third-order valence-electron chi connectivity index (χ3n) is 4.52. The number of ether oxygens (including phenoxy) is 1. The highest BCUT2D eigenvalue weighted by molar-refractivity contribution is 5.61. The fraction of sp³-hybridized carbons (Fsp3) is 0.360. The molecule has 2 rings (SSSR count). The molecule has 0 aliphatic carbocycles. The molecule has 0 radical (unpaired) electrons. The Balaban J connectivity index is 2.28. The van der Waals surface area contributed by atoms with Crippen molar-refractivity contribution in [2.24, 2.45) is 4.99 Å². The SMILES string of the molecule is C/C=N/C(=C\C=C(\ONC(C)c1cc(C)nc(C(C)C)c1)c1ccc(F)cc1)OCCF. The van der Waals surface area contributed by atoms with Gasteiger partial charge in [-0.25, -0.2) is 13.8 Å². The van der Waals surface area contributed by atoms with Crippen LogP contribution in [0.1, 0.15) is 62.2 Å². The van der Waals surface area contributed by atoms with Gasteiger partial charge in [-0.1, -0.05) is 13.8 Å². The number of nitrogens with zero attached hydrogens (tertiary/aromatic N) is 2. The van der Waals surface area contributed by atoms with Gasteiger partial charge in [0.15, 0.2) is 5.76 Å². The molecule has 0 fully saturated rings. The third-order valence-corrected chi connectivity index (χ3v) is 4.52. The zero-order valence-corrected chi connectivity index (χ0v) is 19.2. The first-order valence-electron chi connectivity index (χ1n) is 10.6. The average molecular weight is 444 g/mol. The van der Waals surface area contributed by atoms with Crippen LogP contribution >= 0.6 is 0 Å². The quantitative estimate of drug-likeness (QED) is 0.195. The molecule has 0 saturated heterocycles. The summed E-state index contributed by atoms with van der Waals surface area (Å²) < 4.78 is 31.2. The molecular weight excluding hydrogens is 412 g/mol. The Bertz CT molecular complexity index is 954. The monoisotopic (exact) mass is 443 g/mol. The Morgan fingerprint density at radius 2 is 1.88 bits per heavy atom. The minimum Gasteiger partial charge on any atom is -0.475 e. The number of halogens is 2. The molecule has 1 aromatic heterocycles. The normalized spacial score (nSPS) is 13.6. The van der Waals surface area contributed by atoms with Crippen LogP contribution in [0, 0.1) is 12.7 Å². The predicted octanol–water partition coefficient (Wildman–Crippen LogP) is 6.19. The van der Waals surface area contributed by atoms with Crippen molar-refractivity contribution in [2.75, 3.05) is 13.3 Å². The summed E-state index contributed by atoms with van der Waals surface area (Å²) in [6.45, 7) is 9.16. The van der Waals surface area contributed by atoms with Crippen LogP contribution in [0.5, 0.6) is 0 Å². The first-order valence-corrected chi connectivity index (χ1v) is 10.6. The Morgan fingerprint density at radius 3 is 2.50 bits per heavy atom. The molecule has 1 aromatic carbocycles. The number of rotatable bonds is 11. The second-order valence-corrected chi connectivity index (χ2v) is 7.53. The van der Waals surface area contributed by atoms with Gasteiger partial charge in [0.1, 0.15) is 19.1 Å². The van der Waals surface area contributed by atoms with Gasteiger partial charge < -0.3 is 9.57 Å². The molecule has 7 heteroatoms. The molecule has 32 heavy (non-hydrogen) atoms. The van der Waals surface area contributed by atoms with Crippen molar-refractivity contribution in [1.29, 1.82) is 0 Å². The van der Waals surface area contributed by atoms with Crippen molar-refractivity contribution < 1.29 is 18.4 Å². The molecule has 0 bridgehead atoms. The number of allylic oxidation sites excluding steroid dienone is 2. The zero-order chi connectivity index (χ0) is 23.5. The van der Waals surface area contributed by atoms with Crippen LogP contribution in [0.3, 0.4) is 0 Å². The molecule has 0 saturated carbocycles. The summed E-state index contributed by atoms with van der Waals surface area (Å²) in [5.74, 6) is 0.636. The maximum absolute atomic E-state index is 13.4. The molecule has 0 aliphatic rings. The number of hydrogen-bond donors (Lipinski definition) is 1. The molecule has 172 valence electrons. The lowest BCUT2D eigenvalue weighted by Crippen LogP contribution is -2.19. The number of aromatic nitrogens is 1. The van der Waals surface area contributed by atoms with Gasteiger partial charge in [0.25, 0.3) is 0 Å². The Hall–Kier alpha value is -3.06. The van der Waals surface area contributed by atoms with Crippen LogP contribution in [0.2, 0.25) is 0 Å². The van der Waals surface area contributed by atoms with Crippen LogP contribution in [-0.2, 0) is 9.57 Å². The minimum absolute atomic E-state index is 0.0986. The van der Waals surface area contributed by atoms with Crippen LogP contribution < -0.4 is 5.48 Å². The van der Waals surface area contributed by atoms with E-state index in [2.05, 4.69) is 35.4 Å². The van der Waals surface area contributed by atoms with E-state index in [0.717, 1.165) is 17.0 Å². The van der Waals surface area contributed by atoms with E-state index >= 15 is 0 Å². The van der Waals surface area contributed by atoms with E-state index in [4.69, 9.17) is 9.57 Å². The van der Waals surface area contributed by atoms with Crippen molar-refractivity contribution in [2.45, 2.75) is 46.6 Å². The summed E-state index contributed by atoms with van der Waals surface area (Å²) in [7, 11) is 0. The van der Waals surface area contributed by atoms with Crippen molar-refractivity contribution >= 4 is 12.0 Å². The van der Waals surface area contributed by atoms with Crippen LogP contribution in [0.4, 0.5) is 8.78 Å². The summed E-state index contributed by atoms with van der Waals surface area (Å²) >= 11 is 0. The smallest absolute Gasteiger partial charge is 0.213 e. The van der Waals surface area contributed by atoms with E-state index in [-0.39, 0.29) is 24.3 Å². The van der Waals surface area contributed by atoms with Crippen molar-refractivity contribution in [1.82, 2.24) is 10.5 Å². The summed E-state index contributed by atoms with van der Waals surface area (Å²) in [6, 6.07) is 9.85. The lowest BCUT2D eigenvalue weighted by atomic mass is 10.0. The molecule has 1 heterocycles. The number of nitrogens with one attached hydrogen (secondary N) is 1. The average Bonchev–Trinajstić information content (AvgIpc) is 2.77. The van der Waals surface area contributed by atoms with E-state index in [9.17, 15) is 8.78 Å². The van der Waals surface area contributed by atoms with Crippen LogP contribution in [0.15, 0.2) is 59.4 Å². The highest BCUT2D eigenvalue weighted by Crippen LogP contribution is 2.22. The predicted molar refractivity (Wildman–Crippen MR) is 124 cm³/mol. The highest BCUT2D eigenvalue weighted by Gasteiger charge is 2.12. The fourth-order valence-electron chi connectivity index (χ4n) is 2.84. The van der Waals surface area contributed by atoms with Crippen molar-refractivity contribution in [3.05, 3.63) is 82.8 Å². The summed E-state index contributed by atoms with van der Waals surface area (Å²) in [5, 5.41) is 0. The first kappa shape index (κ1) is 25.2. The van der Waals surface area contributed by atoms with Gasteiger partial charge in [-0.15, -0.1) is 5.48 Å². The van der Waals surface area contributed by atoms with Crippen LogP contribution in [0.25, 0.3) is 5.76 Å². The fourth-order valence-corrected chi connectivity index (χ4v) is 2.84. The van der Waals surface area contributed by atoms with Crippen molar-refractivity contribution in [3.8, 4) is 0 Å². The first-order chi connectivity index (χ1) is 15.3. The van der Waals surface area contributed by atoms with Gasteiger partial charge >= 0.3 is 0 Å². The van der Waals surface area contributed by atoms with Crippen molar-refractivity contribution in [3.63, 3.8) is 0 Å². The molecule has 1 N–H and O–H groups in total. The number of aliphatic imine (C=N–C) groups is 1. The Labute approximate surface area is 188 Å². The Kier molecular flexibility index (Phi) is 10.0. The third kappa shape index (κ3) is 7.89. The van der Waals surface area contributed by atoms with Gasteiger partial charge in [-0.05, 0) is 74.7 Å². The largest absolute Gasteiger partial charge is 0.475 e. The van der Waals surface area contributed by atoms with Gasteiger partial charge in [-0.3, -0.25) is 4.98 Å². The van der Waals surface area contributed by atoms with Gasteiger partial charge in [-0.2, -0.15) is 0 Å². The minimum atomic E-state index is -0.621. The topological polar surface area (TPSA) is 55.7 Å². The van der Waals surface area contributed by atoms with E-state index < -0.39 is 6.67 Å². The zero-order valence-electron chi connectivity index (χ0n) is 19.2. The van der Waals surface area contributed by atoms with Crippen LogP contribution in [-0.4, -0.2) is 24.5 Å². The summed E-state index contributed by atoms with van der Waals surface area (Å²) in [5.41, 5.74) is 6.69. The summed E-state index contributed by atoms with van der Waals surface area (Å²) in [4.78, 5) is 14.6. The molecule has 2 aromatic rings. The maximum Gasteiger partial charge on any atom is 0.213 e. The van der Waals surface area contributed by atoms with Gasteiger partial charge in [0.2, 0.25) is 5.88 Å². The number of benzene rings is 1. The second kappa shape index (κ2) is 12.7. The lowest BCUT2D eigenvalue weighted by molar-refractivity contribution is 0.127. The highest BCUT2D eigenvalue weighted by atomic mass is 19.1. The molecular formula is C25H31F2N3O2. The van der Waals surface area contributed by atoms with E-state index in [0.29, 0.717) is 17.2 Å². The molecule has 5 nitrogen and oxygen atoms in total. The lowest BCUT2D eigenvalue weighted by Gasteiger charge is -2.18. The molecule has 0 aliphatic heterocycles. The second-order valence-electron chi connectivity index (χ2n) is 7.53. The Morgan fingerprint density at radius 1 is 1.16 bits per heavy atom. The van der Waals surface area contributed by atoms with Gasteiger partial charge in [0.05, 0.1) is 6.04 Å². The van der Waals surface area contributed by atoms with E-state index in [1.165, 1.54) is 12.1 Å².